The number of aliphatic hydroxyl groups is 1. The van der Waals surface area contributed by atoms with Crippen LogP contribution >= 0.6 is 0 Å². The van der Waals surface area contributed by atoms with Gasteiger partial charge in [-0.2, -0.15) is 0 Å². The van der Waals surface area contributed by atoms with E-state index >= 15 is 0 Å². The molecule has 5 rings (SSSR count). The molecule has 1 fully saturated rings. The van der Waals surface area contributed by atoms with Crippen molar-refractivity contribution in [1.82, 2.24) is 4.90 Å². The van der Waals surface area contributed by atoms with Crippen molar-refractivity contribution in [2.24, 2.45) is 5.92 Å². The zero-order valence-corrected chi connectivity index (χ0v) is 22.7. The van der Waals surface area contributed by atoms with E-state index in [1.54, 1.807) is 11.0 Å². The molecule has 202 valence electrons. The lowest BCUT2D eigenvalue weighted by molar-refractivity contribution is -0.139. The molecular weight excluding hydrogens is 490 g/mol. The van der Waals surface area contributed by atoms with Crippen LogP contribution in [0.4, 0.5) is 0 Å². The van der Waals surface area contributed by atoms with Crippen LogP contribution < -0.4 is 9.47 Å². The second-order valence-electron chi connectivity index (χ2n) is 10.8. The number of fused-ring (bicyclic) bond motifs is 1. The third kappa shape index (κ3) is 5.70. The fraction of sp³-hybridized carbons (Fsp3) is 0.333. The number of ketones is 1. The number of aliphatic hydroxyl groups excluding tert-OH is 1. The quantitative estimate of drug-likeness (QED) is 0.208. The molecule has 39 heavy (non-hydrogen) atoms. The van der Waals surface area contributed by atoms with Crippen molar-refractivity contribution in [3.8, 4) is 11.5 Å². The predicted molar refractivity (Wildman–Crippen MR) is 151 cm³/mol. The maximum Gasteiger partial charge on any atom is 0.295 e. The molecule has 1 saturated heterocycles. The molecule has 2 atom stereocenters. The van der Waals surface area contributed by atoms with Gasteiger partial charge in [0.05, 0.1) is 18.2 Å². The van der Waals surface area contributed by atoms with Crippen molar-refractivity contribution in [2.75, 3.05) is 13.2 Å². The lowest BCUT2D eigenvalue weighted by Crippen LogP contribution is -2.31. The number of Topliss-reactive ketones (excluding diaryl/α,β-unsaturated/α-hetero) is 1. The Balaban J connectivity index is 1.53. The Morgan fingerprint density at radius 2 is 1.85 bits per heavy atom. The Morgan fingerprint density at radius 1 is 1.05 bits per heavy atom. The number of benzene rings is 3. The van der Waals surface area contributed by atoms with Crippen molar-refractivity contribution < 1.29 is 24.2 Å². The van der Waals surface area contributed by atoms with E-state index in [0.717, 1.165) is 35.3 Å². The van der Waals surface area contributed by atoms with Gasteiger partial charge < -0.3 is 19.5 Å². The number of carbonyl (C=O) groups is 2. The van der Waals surface area contributed by atoms with Crippen LogP contribution in [0.1, 0.15) is 55.5 Å². The van der Waals surface area contributed by atoms with E-state index in [1.807, 2.05) is 73.7 Å². The summed E-state index contributed by atoms with van der Waals surface area (Å²) in [5.41, 5.74) is 3.36. The van der Waals surface area contributed by atoms with E-state index in [4.69, 9.17) is 9.47 Å². The molecule has 0 bridgehead atoms. The number of rotatable bonds is 9. The molecule has 2 heterocycles. The normalized spacial score (nSPS) is 19.8. The molecule has 2 aliphatic heterocycles. The molecule has 2 aliphatic rings. The number of amides is 1. The zero-order chi connectivity index (χ0) is 27.5. The highest BCUT2D eigenvalue weighted by atomic mass is 16.5. The summed E-state index contributed by atoms with van der Waals surface area (Å²) in [6.45, 7) is 7.19. The van der Waals surface area contributed by atoms with Gasteiger partial charge in [-0.1, -0.05) is 56.3 Å². The van der Waals surface area contributed by atoms with Crippen molar-refractivity contribution >= 4 is 17.4 Å². The summed E-state index contributed by atoms with van der Waals surface area (Å²) in [5, 5.41) is 11.5. The van der Waals surface area contributed by atoms with Crippen LogP contribution in [0.3, 0.4) is 0 Å². The Bertz CT molecular complexity index is 1390. The van der Waals surface area contributed by atoms with Gasteiger partial charge in [0, 0.05) is 18.5 Å². The van der Waals surface area contributed by atoms with Crippen LogP contribution in [-0.4, -0.2) is 41.0 Å². The van der Waals surface area contributed by atoms with Gasteiger partial charge in [0.15, 0.2) is 0 Å². The molecule has 0 spiro atoms. The Kier molecular flexibility index (Phi) is 7.73. The van der Waals surface area contributed by atoms with Gasteiger partial charge in [0.2, 0.25) is 0 Å². The molecular formula is C33H35NO5. The molecule has 0 unspecified atom stereocenters. The molecule has 6 heteroatoms. The van der Waals surface area contributed by atoms with Gasteiger partial charge in [-0.15, -0.1) is 0 Å². The monoisotopic (exact) mass is 525 g/mol. The topological polar surface area (TPSA) is 76.1 Å². The van der Waals surface area contributed by atoms with E-state index in [2.05, 4.69) is 13.8 Å². The lowest BCUT2D eigenvalue weighted by atomic mass is 9.94. The highest BCUT2D eigenvalue weighted by Crippen LogP contribution is 2.41. The Morgan fingerprint density at radius 3 is 2.62 bits per heavy atom. The van der Waals surface area contributed by atoms with E-state index in [0.29, 0.717) is 36.8 Å². The minimum atomic E-state index is -0.731. The molecule has 0 saturated carbocycles. The largest absolute Gasteiger partial charge is 0.507 e. The summed E-state index contributed by atoms with van der Waals surface area (Å²) in [6.07, 6.45) is 2.28. The van der Waals surface area contributed by atoms with Crippen molar-refractivity contribution in [3.63, 3.8) is 0 Å². The molecule has 0 aromatic heterocycles. The van der Waals surface area contributed by atoms with E-state index in [9.17, 15) is 14.7 Å². The van der Waals surface area contributed by atoms with Gasteiger partial charge in [-0.05, 0) is 72.7 Å². The van der Waals surface area contributed by atoms with Crippen LogP contribution in [0.5, 0.6) is 11.5 Å². The summed E-state index contributed by atoms with van der Waals surface area (Å²) >= 11 is 0. The molecule has 3 aromatic carbocycles. The first-order chi connectivity index (χ1) is 18.8. The fourth-order valence-electron chi connectivity index (χ4n) is 5.26. The average molecular weight is 526 g/mol. The van der Waals surface area contributed by atoms with E-state index < -0.39 is 17.7 Å². The third-order valence-electron chi connectivity index (χ3n) is 7.33. The van der Waals surface area contributed by atoms with E-state index in [-0.39, 0.29) is 17.4 Å². The maximum atomic E-state index is 13.5. The van der Waals surface area contributed by atoms with Gasteiger partial charge in [-0.25, -0.2) is 0 Å². The first kappa shape index (κ1) is 26.5. The second kappa shape index (κ2) is 11.4. The summed E-state index contributed by atoms with van der Waals surface area (Å²) in [4.78, 5) is 28.5. The summed E-state index contributed by atoms with van der Waals surface area (Å²) in [6, 6.07) is 22.0. The number of carbonyl (C=O) groups excluding carboxylic acids is 2. The number of likely N-dealkylation sites (tertiary alicyclic amines) is 1. The van der Waals surface area contributed by atoms with Crippen molar-refractivity contribution in [3.05, 3.63) is 101 Å². The second-order valence-corrected chi connectivity index (χ2v) is 10.8. The fourth-order valence-corrected chi connectivity index (χ4v) is 5.26. The predicted octanol–water partition coefficient (Wildman–Crippen LogP) is 6.10. The lowest BCUT2D eigenvalue weighted by Gasteiger charge is -2.26. The number of nitrogens with zero attached hydrogens (tertiary/aromatic N) is 1. The molecule has 6 nitrogen and oxygen atoms in total. The van der Waals surface area contributed by atoms with Gasteiger partial charge in [-0.3, -0.25) is 9.59 Å². The van der Waals surface area contributed by atoms with Gasteiger partial charge in [0.25, 0.3) is 11.7 Å². The molecule has 0 radical (unpaired) electrons. The average Bonchev–Trinajstić information content (AvgIpc) is 3.42. The van der Waals surface area contributed by atoms with Gasteiger partial charge >= 0.3 is 0 Å². The molecule has 0 aliphatic carbocycles. The third-order valence-corrected chi connectivity index (χ3v) is 7.33. The standard InChI is InChI=1S/C33H35NO5/c1-21(2)15-17-38-27-11-7-10-24(20-27)30-29(31(35)25-12-13-28-26(19-25)18-22(3)39-28)32(36)33(37)34(30)16-14-23-8-5-4-6-9-23/h4-13,19-22,30,35H,14-18H2,1-3H3/b31-29+/t22-,30+/m1/s1. The number of hydrogen-bond acceptors (Lipinski definition) is 5. The minimum absolute atomic E-state index is 0.0550. The smallest absolute Gasteiger partial charge is 0.295 e. The van der Waals surface area contributed by atoms with Crippen LogP contribution in [-0.2, 0) is 22.4 Å². The van der Waals surface area contributed by atoms with Crippen molar-refractivity contribution in [2.45, 2.75) is 52.2 Å². The molecule has 3 aromatic rings. The Hall–Kier alpha value is -4.06. The summed E-state index contributed by atoms with van der Waals surface area (Å²) < 4.78 is 11.8. The van der Waals surface area contributed by atoms with Crippen LogP contribution in [0, 0.1) is 5.92 Å². The first-order valence-corrected chi connectivity index (χ1v) is 13.7. The van der Waals surface area contributed by atoms with Crippen LogP contribution in [0.2, 0.25) is 0 Å². The van der Waals surface area contributed by atoms with E-state index in [1.165, 1.54) is 0 Å². The maximum absolute atomic E-state index is 13.5. The summed E-state index contributed by atoms with van der Waals surface area (Å²) in [5.74, 6) is 0.507. The summed E-state index contributed by atoms with van der Waals surface area (Å²) in [7, 11) is 0. The van der Waals surface area contributed by atoms with Crippen LogP contribution in [0.25, 0.3) is 5.76 Å². The zero-order valence-electron chi connectivity index (χ0n) is 22.7. The molecule has 1 amide bonds. The Labute approximate surface area is 229 Å². The van der Waals surface area contributed by atoms with Gasteiger partial charge in [0.1, 0.15) is 23.4 Å². The molecule has 1 N–H and O–H groups in total. The highest BCUT2D eigenvalue weighted by Gasteiger charge is 2.46. The van der Waals surface area contributed by atoms with Crippen LogP contribution in [0.15, 0.2) is 78.4 Å². The number of hydrogen-bond donors (Lipinski definition) is 1. The minimum Gasteiger partial charge on any atom is -0.507 e. The first-order valence-electron chi connectivity index (χ1n) is 13.7. The highest BCUT2D eigenvalue weighted by molar-refractivity contribution is 6.46. The number of ether oxygens (including phenoxy) is 2. The van der Waals surface area contributed by atoms with Crippen molar-refractivity contribution in [1.29, 1.82) is 0 Å². The SMILES string of the molecule is CC(C)CCOc1cccc([C@H]2/C(=C(\O)c3ccc4c(c3)C[C@@H](C)O4)C(=O)C(=O)N2CCc2ccccc2)c1.